The highest BCUT2D eigenvalue weighted by Gasteiger charge is 2.25. The quantitative estimate of drug-likeness (QED) is 0.871. The molecule has 20 heavy (non-hydrogen) atoms. The fraction of sp³-hybridized carbons (Fsp3) is 0.714. The summed E-state index contributed by atoms with van der Waals surface area (Å²) in [6, 6.07) is -0.0275. The molecule has 0 radical (unpaired) electrons. The molecule has 2 rings (SSSR count). The summed E-state index contributed by atoms with van der Waals surface area (Å²) in [5.41, 5.74) is 1.05. The van der Waals surface area contributed by atoms with Gasteiger partial charge in [-0.15, -0.1) is 11.3 Å². The minimum atomic E-state index is -0.0275. The Kier molecular flexibility index (Phi) is 5.37. The van der Waals surface area contributed by atoms with Gasteiger partial charge < -0.3 is 15.3 Å². The van der Waals surface area contributed by atoms with Crippen LogP contribution in [-0.4, -0.2) is 47.3 Å². The maximum Gasteiger partial charge on any atom is 0.317 e. The van der Waals surface area contributed by atoms with Gasteiger partial charge in [-0.3, -0.25) is 0 Å². The fourth-order valence-corrected chi connectivity index (χ4v) is 3.15. The monoisotopic (exact) mass is 297 g/mol. The van der Waals surface area contributed by atoms with E-state index in [9.17, 15) is 4.79 Å². The number of carbonyl (C=O) groups is 1. The topological polar surface area (TPSA) is 65.5 Å². The molecule has 2 N–H and O–H groups in total. The number of amides is 2. The Bertz CT molecular complexity index is 447. The van der Waals surface area contributed by atoms with Gasteiger partial charge in [0.2, 0.25) is 0 Å². The number of hydrogen-bond donors (Lipinski definition) is 2. The summed E-state index contributed by atoms with van der Waals surface area (Å²) < 4.78 is 0. The van der Waals surface area contributed by atoms with Crippen molar-refractivity contribution in [1.29, 1.82) is 0 Å². The lowest BCUT2D eigenvalue weighted by Gasteiger charge is -2.16. The van der Waals surface area contributed by atoms with Crippen LogP contribution in [0, 0.1) is 5.92 Å². The number of aliphatic hydroxyl groups is 1. The zero-order valence-electron chi connectivity index (χ0n) is 12.1. The zero-order valence-corrected chi connectivity index (χ0v) is 12.9. The Morgan fingerprint density at radius 3 is 3.05 bits per heavy atom. The maximum absolute atomic E-state index is 11.9. The van der Waals surface area contributed by atoms with E-state index in [2.05, 4.69) is 29.5 Å². The summed E-state index contributed by atoms with van der Waals surface area (Å²) >= 11 is 1.68. The van der Waals surface area contributed by atoms with Crippen molar-refractivity contribution < 1.29 is 9.90 Å². The zero-order chi connectivity index (χ0) is 14.5. The fourth-order valence-electron chi connectivity index (χ4n) is 2.28. The minimum absolute atomic E-state index is 0.0275. The lowest BCUT2D eigenvalue weighted by atomic mass is 10.1. The average molecular weight is 297 g/mol. The van der Waals surface area contributed by atoms with Crippen LogP contribution in [0.3, 0.4) is 0 Å². The first kappa shape index (κ1) is 15.3. The molecule has 2 amide bonds. The Hall–Kier alpha value is -1.14. The number of urea groups is 1. The summed E-state index contributed by atoms with van der Waals surface area (Å²) in [5, 5.41) is 15.2. The van der Waals surface area contributed by atoms with Gasteiger partial charge in [-0.25, -0.2) is 9.78 Å². The first-order valence-corrected chi connectivity index (χ1v) is 8.06. The van der Waals surface area contributed by atoms with Gasteiger partial charge in [0.25, 0.3) is 0 Å². The molecular weight excluding hydrogens is 274 g/mol. The molecule has 0 spiro atoms. The number of hydrogen-bond acceptors (Lipinski definition) is 4. The lowest BCUT2D eigenvalue weighted by Crippen LogP contribution is -2.39. The standard InChI is InChI=1S/C14H23N3O2S/c1-10(2)13-16-12(9-20-13)3-5-15-14(19)17-6-4-11(7-17)8-18/h9-11,18H,3-8H2,1-2H3,(H,15,19). The van der Waals surface area contributed by atoms with E-state index in [1.54, 1.807) is 16.2 Å². The second-order valence-electron chi connectivity index (χ2n) is 5.60. The Morgan fingerprint density at radius 1 is 1.65 bits per heavy atom. The smallest absolute Gasteiger partial charge is 0.317 e. The molecule has 0 aliphatic carbocycles. The highest BCUT2D eigenvalue weighted by molar-refractivity contribution is 7.09. The summed E-state index contributed by atoms with van der Waals surface area (Å²) in [5.74, 6) is 0.705. The molecule has 1 aliphatic rings. The summed E-state index contributed by atoms with van der Waals surface area (Å²) in [6.45, 7) is 6.45. The van der Waals surface area contributed by atoms with Crippen LogP contribution in [0.15, 0.2) is 5.38 Å². The highest BCUT2D eigenvalue weighted by Crippen LogP contribution is 2.19. The van der Waals surface area contributed by atoms with Crippen molar-refractivity contribution in [2.45, 2.75) is 32.6 Å². The molecule has 1 unspecified atom stereocenters. The van der Waals surface area contributed by atoms with Crippen molar-refractivity contribution in [1.82, 2.24) is 15.2 Å². The summed E-state index contributed by atoms with van der Waals surface area (Å²) in [6.07, 6.45) is 1.67. The van der Waals surface area contributed by atoms with Crippen molar-refractivity contribution in [2.24, 2.45) is 5.92 Å². The van der Waals surface area contributed by atoms with E-state index in [4.69, 9.17) is 5.11 Å². The van der Waals surface area contributed by atoms with Crippen LogP contribution >= 0.6 is 11.3 Å². The number of thiazole rings is 1. The molecule has 2 heterocycles. The molecule has 5 nitrogen and oxygen atoms in total. The first-order valence-electron chi connectivity index (χ1n) is 7.18. The Balaban J connectivity index is 1.71. The van der Waals surface area contributed by atoms with E-state index in [1.807, 2.05) is 0 Å². The van der Waals surface area contributed by atoms with Crippen LogP contribution in [-0.2, 0) is 6.42 Å². The summed E-state index contributed by atoms with van der Waals surface area (Å²) in [4.78, 5) is 18.3. The molecular formula is C14H23N3O2S. The normalized spacial score (nSPS) is 18.8. The predicted molar refractivity (Wildman–Crippen MR) is 80.1 cm³/mol. The van der Waals surface area contributed by atoms with Gasteiger partial charge >= 0.3 is 6.03 Å². The van der Waals surface area contributed by atoms with Crippen molar-refractivity contribution in [3.8, 4) is 0 Å². The van der Waals surface area contributed by atoms with E-state index in [1.165, 1.54) is 0 Å². The lowest BCUT2D eigenvalue weighted by molar-refractivity contribution is 0.198. The molecule has 1 aliphatic heterocycles. The van der Waals surface area contributed by atoms with Crippen LogP contribution in [0.1, 0.15) is 36.9 Å². The van der Waals surface area contributed by atoms with Crippen LogP contribution in [0.5, 0.6) is 0 Å². The molecule has 1 atom stereocenters. The maximum atomic E-state index is 11.9. The number of aliphatic hydroxyl groups excluding tert-OH is 1. The van der Waals surface area contributed by atoms with Gasteiger partial charge in [-0.05, 0) is 6.42 Å². The second-order valence-corrected chi connectivity index (χ2v) is 6.49. The van der Waals surface area contributed by atoms with Crippen molar-refractivity contribution in [3.05, 3.63) is 16.1 Å². The van der Waals surface area contributed by atoms with Crippen LogP contribution < -0.4 is 5.32 Å². The van der Waals surface area contributed by atoms with Gasteiger partial charge in [-0.1, -0.05) is 13.8 Å². The molecule has 112 valence electrons. The van der Waals surface area contributed by atoms with E-state index in [0.717, 1.165) is 30.1 Å². The third-order valence-electron chi connectivity index (χ3n) is 3.55. The second kappa shape index (κ2) is 7.04. The van der Waals surface area contributed by atoms with Gasteiger partial charge in [0.05, 0.1) is 10.7 Å². The minimum Gasteiger partial charge on any atom is -0.396 e. The van der Waals surface area contributed by atoms with E-state index in [0.29, 0.717) is 19.0 Å². The molecule has 0 saturated carbocycles. The van der Waals surface area contributed by atoms with Crippen LogP contribution in [0.2, 0.25) is 0 Å². The largest absolute Gasteiger partial charge is 0.396 e. The van der Waals surface area contributed by atoms with E-state index in [-0.39, 0.29) is 18.6 Å². The number of rotatable bonds is 5. The third kappa shape index (κ3) is 3.93. The van der Waals surface area contributed by atoms with Gasteiger partial charge in [0.15, 0.2) is 0 Å². The molecule has 0 bridgehead atoms. The molecule has 1 fully saturated rings. The van der Waals surface area contributed by atoms with Gasteiger partial charge in [0, 0.05) is 49.9 Å². The first-order chi connectivity index (χ1) is 9.60. The van der Waals surface area contributed by atoms with E-state index < -0.39 is 0 Å². The predicted octanol–water partition coefficient (Wildman–Crippen LogP) is 1.83. The van der Waals surface area contributed by atoms with Crippen molar-refractivity contribution in [2.75, 3.05) is 26.2 Å². The Morgan fingerprint density at radius 2 is 2.45 bits per heavy atom. The SMILES string of the molecule is CC(C)c1nc(CCNC(=O)N2CCC(CO)C2)cs1. The third-order valence-corrected chi connectivity index (χ3v) is 4.75. The molecule has 1 aromatic heterocycles. The van der Waals surface area contributed by atoms with Gasteiger partial charge in [0.1, 0.15) is 0 Å². The number of likely N-dealkylation sites (tertiary alicyclic amines) is 1. The number of aromatic nitrogens is 1. The van der Waals surface area contributed by atoms with Crippen LogP contribution in [0.4, 0.5) is 4.79 Å². The average Bonchev–Trinajstić information content (AvgIpc) is 3.07. The van der Waals surface area contributed by atoms with Crippen molar-refractivity contribution in [3.63, 3.8) is 0 Å². The van der Waals surface area contributed by atoms with Crippen LogP contribution in [0.25, 0.3) is 0 Å². The number of nitrogens with one attached hydrogen (secondary N) is 1. The number of carbonyl (C=O) groups excluding carboxylic acids is 1. The number of nitrogens with zero attached hydrogens (tertiary/aromatic N) is 2. The highest BCUT2D eigenvalue weighted by atomic mass is 32.1. The van der Waals surface area contributed by atoms with Crippen molar-refractivity contribution >= 4 is 17.4 Å². The molecule has 6 heteroatoms. The van der Waals surface area contributed by atoms with E-state index >= 15 is 0 Å². The molecule has 1 aromatic rings. The Labute approximate surface area is 124 Å². The van der Waals surface area contributed by atoms with Gasteiger partial charge in [-0.2, -0.15) is 0 Å². The summed E-state index contributed by atoms with van der Waals surface area (Å²) in [7, 11) is 0. The molecule has 1 saturated heterocycles. The molecule has 0 aromatic carbocycles.